The van der Waals surface area contributed by atoms with Gasteiger partial charge in [0.2, 0.25) is 0 Å². The van der Waals surface area contributed by atoms with Gasteiger partial charge in [0.05, 0.1) is 11.1 Å². The predicted octanol–water partition coefficient (Wildman–Crippen LogP) is 8.71. The summed E-state index contributed by atoms with van der Waals surface area (Å²) in [5, 5.41) is 0. The van der Waals surface area contributed by atoms with Gasteiger partial charge in [-0.2, -0.15) is 0 Å². The SMILES string of the molecule is CC1=C2N(C=CC2(c2ccccc2)C2CCCCC2)C(c2c(C)cccc2C)N1c1ccccc1C. The Morgan fingerprint density at radius 1 is 0.694 bits per heavy atom. The van der Waals surface area contributed by atoms with Crippen molar-refractivity contribution in [2.75, 3.05) is 4.90 Å². The fourth-order valence-electron chi connectivity index (χ4n) is 7.40. The maximum Gasteiger partial charge on any atom is 0.136 e. The molecule has 3 aliphatic rings. The lowest BCUT2D eigenvalue weighted by atomic mass is 9.63. The minimum atomic E-state index is -0.0853. The zero-order valence-electron chi connectivity index (χ0n) is 22.2. The van der Waals surface area contributed by atoms with Crippen LogP contribution >= 0.6 is 0 Å². The first-order valence-electron chi connectivity index (χ1n) is 13.7. The first-order valence-corrected chi connectivity index (χ1v) is 13.7. The Kier molecular flexibility index (Phi) is 5.79. The smallest absolute Gasteiger partial charge is 0.136 e. The van der Waals surface area contributed by atoms with Crippen LogP contribution in [0.3, 0.4) is 0 Å². The summed E-state index contributed by atoms with van der Waals surface area (Å²) in [7, 11) is 0. The zero-order valence-corrected chi connectivity index (χ0v) is 22.2. The highest BCUT2D eigenvalue weighted by Gasteiger charge is 2.54. The van der Waals surface area contributed by atoms with Crippen molar-refractivity contribution in [3.05, 3.63) is 124 Å². The van der Waals surface area contributed by atoms with Crippen LogP contribution in [0.15, 0.2) is 96.5 Å². The highest BCUT2D eigenvalue weighted by Crippen LogP contribution is 2.59. The maximum absolute atomic E-state index is 2.63. The molecule has 2 heterocycles. The third-order valence-electron chi connectivity index (χ3n) is 9.04. The molecule has 3 aromatic carbocycles. The summed E-state index contributed by atoms with van der Waals surface area (Å²) < 4.78 is 0. The molecular formula is C34H38N2. The van der Waals surface area contributed by atoms with Crippen molar-refractivity contribution in [2.24, 2.45) is 5.92 Å². The molecule has 0 radical (unpaired) electrons. The van der Waals surface area contributed by atoms with E-state index in [0.29, 0.717) is 5.92 Å². The second-order valence-corrected chi connectivity index (χ2v) is 11.1. The highest BCUT2D eigenvalue weighted by molar-refractivity contribution is 5.66. The molecule has 1 saturated carbocycles. The fraction of sp³-hybridized carbons (Fsp3) is 0.353. The number of hydrogen-bond acceptors (Lipinski definition) is 2. The van der Waals surface area contributed by atoms with Crippen molar-refractivity contribution in [3.63, 3.8) is 0 Å². The van der Waals surface area contributed by atoms with Gasteiger partial charge in [-0.3, -0.25) is 0 Å². The largest absolute Gasteiger partial charge is 0.324 e. The summed E-state index contributed by atoms with van der Waals surface area (Å²) in [6.45, 7) is 9.17. The molecule has 184 valence electrons. The molecule has 2 unspecified atom stereocenters. The van der Waals surface area contributed by atoms with Crippen LogP contribution in [-0.4, -0.2) is 4.90 Å². The molecule has 2 atom stereocenters. The number of hydrogen-bond donors (Lipinski definition) is 0. The highest BCUT2D eigenvalue weighted by atomic mass is 15.4. The Bertz CT molecular complexity index is 1310. The number of nitrogens with zero attached hydrogens (tertiary/aromatic N) is 2. The Labute approximate surface area is 217 Å². The van der Waals surface area contributed by atoms with Crippen molar-refractivity contribution in [1.82, 2.24) is 4.90 Å². The number of para-hydroxylation sites is 1. The van der Waals surface area contributed by atoms with E-state index in [2.05, 4.69) is 123 Å². The molecule has 0 N–H and O–H groups in total. The number of aryl methyl sites for hydroxylation is 3. The van der Waals surface area contributed by atoms with Crippen molar-refractivity contribution >= 4 is 5.69 Å². The average molecular weight is 475 g/mol. The van der Waals surface area contributed by atoms with Gasteiger partial charge < -0.3 is 9.80 Å². The van der Waals surface area contributed by atoms with Gasteiger partial charge in [0, 0.05) is 23.1 Å². The van der Waals surface area contributed by atoms with Gasteiger partial charge >= 0.3 is 0 Å². The summed E-state index contributed by atoms with van der Waals surface area (Å²) in [5.41, 5.74) is 11.0. The third-order valence-corrected chi connectivity index (χ3v) is 9.04. The van der Waals surface area contributed by atoms with Gasteiger partial charge in [-0.15, -0.1) is 0 Å². The Morgan fingerprint density at radius 2 is 1.33 bits per heavy atom. The third kappa shape index (κ3) is 3.38. The second-order valence-electron chi connectivity index (χ2n) is 11.1. The fourth-order valence-corrected chi connectivity index (χ4v) is 7.40. The zero-order chi connectivity index (χ0) is 24.9. The average Bonchev–Trinajstić information content (AvgIpc) is 3.43. The van der Waals surface area contributed by atoms with E-state index in [4.69, 9.17) is 0 Å². The normalized spacial score (nSPS) is 24.1. The molecule has 36 heavy (non-hydrogen) atoms. The molecule has 0 saturated heterocycles. The molecule has 2 aliphatic heterocycles. The lowest BCUT2D eigenvalue weighted by Crippen LogP contribution is -2.38. The molecule has 2 heteroatoms. The topological polar surface area (TPSA) is 6.48 Å². The van der Waals surface area contributed by atoms with Crippen LogP contribution in [0.4, 0.5) is 5.69 Å². The van der Waals surface area contributed by atoms with Gasteiger partial charge in [-0.1, -0.05) is 92.1 Å². The van der Waals surface area contributed by atoms with Gasteiger partial charge in [-0.25, -0.2) is 0 Å². The first-order chi connectivity index (χ1) is 17.5. The van der Waals surface area contributed by atoms with Gasteiger partial charge in [0.15, 0.2) is 0 Å². The maximum atomic E-state index is 2.63. The van der Waals surface area contributed by atoms with E-state index in [9.17, 15) is 0 Å². The van der Waals surface area contributed by atoms with Crippen molar-refractivity contribution in [2.45, 2.75) is 71.4 Å². The van der Waals surface area contributed by atoms with Gasteiger partial charge in [-0.05, 0) is 74.8 Å². The summed E-state index contributed by atoms with van der Waals surface area (Å²) >= 11 is 0. The minimum Gasteiger partial charge on any atom is -0.324 e. The molecule has 6 rings (SSSR count). The Hall–Kier alpha value is -3.26. The number of allylic oxidation sites excluding steroid dienone is 2. The number of fused-ring (bicyclic) bond motifs is 1. The molecule has 1 aliphatic carbocycles. The standard InChI is InChI=1S/C34H38N2/c1-24-14-11-12-21-30(24)36-27(4)32-34(28-17-7-5-8-18-28,29-19-9-6-10-20-29)22-23-35(32)33(36)31-25(2)15-13-16-26(31)3/h5,7-8,11-18,21-23,29,33H,6,9-10,19-20H2,1-4H3. The number of rotatable bonds is 4. The van der Waals surface area contributed by atoms with Crippen molar-refractivity contribution in [3.8, 4) is 0 Å². The van der Waals surface area contributed by atoms with E-state index in [-0.39, 0.29) is 11.6 Å². The molecule has 3 aromatic rings. The molecule has 0 bridgehead atoms. The quantitative estimate of drug-likeness (QED) is 0.373. The Morgan fingerprint density at radius 3 is 2.03 bits per heavy atom. The van der Waals surface area contributed by atoms with Crippen molar-refractivity contribution in [1.29, 1.82) is 0 Å². The van der Waals surface area contributed by atoms with E-state index in [0.717, 1.165) is 0 Å². The Balaban J connectivity index is 1.61. The van der Waals surface area contributed by atoms with E-state index in [1.165, 1.54) is 77.0 Å². The summed E-state index contributed by atoms with van der Waals surface area (Å²) in [6.07, 6.45) is 11.7. The van der Waals surface area contributed by atoms with Crippen LogP contribution < -0.4 is 4.90 Å². The van der Waals surface area contributed by atoms with E-state index in [1.54, 1.807) is 0 Å². The molecule has 0 spiro atoms. The molecular weight excluding hydrogens is 436 g/mol. The van der Waals surface area contributed by atoms with Crippen LogP contribution in [0.2, 0.25) is 0 Å². The van der Waals surface area contributed by atoms with Gasteiger partial charge in [0.1, 0.15) is 6.17 Å². The van der Waals surface area contributed by atoms with Crippen LogP contribution in [0.1, 0.15) is 73.0 Å². The molecule has 0 aromatic heterocycles. The first kappa shape index (κ1) is 23.2. The monoisotopic (exact) mass is 474 g/mol. The van der Waals surface area contributed by atoms with Gasteiger partial charge in [0.25, 0.3) is 0 Å². The van der Waals surface area contributed by atoms with E-state index < -0.39 is 0 Å². The lowest BCUT2D eigenvalue weighted by molar-refractivity contribution is 0.250. The predicted molar refractivity (Wildman–Crippen MR) is 151 cm³/mol. The molecule has 2 nitrogen and oxygen atoms in total. The summed E-state index contributed by atoms with van der Waals surface area (Å²) in [6, 6.07) is 27.0. The minimum absolute atomic E-state index is 0.0853. The van der Waals surface area contributed by atoms with Crippen LogP contribution in [-0.2, 0) is 5.41 Å². The van der Waals surface area contributed by atoms with Crippen molar-refractivity contribution < 1.29 is 0 Å². The van der Waals surface area contributed by atoms with Crippen LogP contribution in [0, 0.1) is 26.7 Å². The number of benzene rings is 3. The second kappa shape index (κ2) is 9.00. The molecule has 0 amide bonds. The molecule has 1 fully saturated rings. The lowest BCUT2D eigenvalue weighted by Gasteiger charge is -2.41. The van der Waals surface area contributed by atoms with E-state index >= 15 is 0 Å². The van der Waals surface area contributed by atoms with E-state index in [1.807, 2.05) is 0 Å². The van der Waals surface area contributed by atoms with Crippen LogP contribution in [0.5, 0.6) is 0 Å². The summed E-state index contributed by atoms with van der Waals surface area (Å²) in [5.74, 6) is 0.621. The summed E-state index contributed by atoms with van der Waals surface area (Å²) in [4.78, 5) is 5.25. The number of anilines is 1. The van der Waals surface area contributed by atoms with Crippen LogP contribution in [0.25, 0.3) is 0 Å².